The predicted octanol–water partition coefficient (Wildman–Crippen LogP) is 2.54. The summed E-state index contributed by atoms with van der Waals surface area (Å²) in [4.78, 5) is 8.84. The van der Waals surface area contributed by atoms with Crippen LogP contribution in [0.4, 0.5) is 5.95 Å². The molecule has 0 unspecified atom stereocenters. The smallest absolute Gasteiger partial charge is 0.223 e. The van der Waals surface area contributed by atoms with Gasteiger partial charge in [0.2, 0.25) is 5.95 Å². The van der Waals surface area contributed by atoms with Crippen LogP contribution in [0, 0.1) is 6.92 Å². The summed E-state index contributed by atoms with van der Waals surface area (Å²) >= 11 is 6.40. The highest BCUT2D eigenvalue weighted by Gasteiger charge is 2.25. The molecule has 3 N–H and O–H groups in total. The molecule has 2 atom stereocenters. The van der Waals surface area contributed by atoms with E-state index in [1.54, 1.807) is 30.8 Å². The average molecular weight is 418 g/mol. The number of aryl methyl sites for hydroxylation is 1. The first-order valence-electron chi connectivity index (χ1n) is 9.51. The molecule has 0 amide bonds. The lowest BCUT2D eigenvalue weighted by Gasteiger charge is -2.28. The lowest BCUT2D eigenvalue weighted by atomic mass is 9.96. The maximum atomic E-state index is 10.4. The van der Waals surface area contributed by atoms with Crippen LogP contribution in [0.15, 0.2) is 24.5 Å². The summed E-state index contributed by atoms with van der Waals surface area (Å²) < 4.78 is 7.04. The van der Waals surface area contributed by atoms with Crippen LogP contribution >= 0.6 is 11.6 Å². The molecule has 0 aromatic carbocycles. The molecule has 4 rings (SSSR count). The van der Waals surface area contributed by atoms with Gasteiger partial charge in [-0.3, -0.25) is 0 Å². The van der Waals surface area contributed by atoms with Gasteiger partial charge in [0.25, 0.3) is 0 Å². The first kappa shape index (κ1) is 20.0. The van der Waals surface area contributed by atoms with E-state index in [0.29, 0.717) is 29.7 Å². The minimum absolute atomic E-state index is 0.182. The van der Waals surface area contributed by atoms with Gasteiger partial charge < -0.3 is 20.3 Å². The SMILES string of the molecule is Cc1c(C(C)(C)O)ccc2c(-c3nc(N[C@@H]4CCOC[C@H]4O)ncc3Cl)cnn12. The topological polar surface area (TPSA) is 105 Å². The number of rotatable bonds is 4. The lowest BCUT2D eigenvalue weighted by Crippen LogP contribution is -2.42. The molecule has 9 heteroatoms. The summed E-state index contributed by atoms with van der Waals surface area (Å²) in [5.41, 5.74) is 2.81. The third-order valence-corrected chi connectivity index (χ3v) is 5.50. The highest BCUT2D eigenvalue weighted by molar-refractivity contribution is 6.33. The number of aliphatic hydroxyl groups excluding tert-OH is 1. The number of nitrogens with zero attached hydrogens (tertiary/aromatic N) is 4. The molecule has 3 aromatic rings. The molecular formula is C20H24ClN5O3. The van der Waals surface area contributed by atoms with Crippen molar-refractivity contribution in [1.82, 2.24) is 19.6 Å². The van der Waals surface area contributed by atoms with Crippen LogP contribution < -0.4 is 5.32 Å². The fourth-order valence-corrected chi connectivity index (χ4v) is 3.89. The predicted molar refractivity (Wildman–Crippen MR) is 110 cm³/mol. The third kappa shape index (κ3) is 3.81. The molecule has 1 fully saturated rings. The average Bonchev–Trinajstić information content (AvgIpc) is 3.09. The lowest BCUT2D eigenvalue weighted by molar-refractivity contribution is -0.0136. The normalized spacial score (nSPS) is 20.2. The zero-order chi connectivity index (χ0) is 20.8. The van der Waals surface area contributed by atoms with E-state index in [0.717, 1.165) is 22.3 Å². The summed E-state index contributed by atoms with van der Waals surface area (Å²) in [6, 6.07) is 3.61. The molecule has 1 saturated heterocycles. The van der Waals surface area contributed by atoms with E-state index in [1.165, 1.54) is 0 Å². The molecule has 4 heterocycles. The first-order chi connectivity index (χ1) is 13.8. The van der Waals surface area contributed by atoms with Gasteiger partial charge in [0.1, 0.15) is 0 Å². The first-order valence-corrected chi connectivity index (χ1v) is 9.89. The van der Waals surface area contributed by atoms with Crippen molar-refractivity contribution in [3.8, 4) is 11.3 Å². The molecule has 0 aliphatic carbocycles. The number of hydrogen-bond acceptors (Lipinski definition) is 7. The molecule has 1 aliphatic heterocycles. The number of fused-ring (bicyclic) bond motifs is 1. The van der Waals surface area contributed by atoms with E-state index < -0.39 is 11.7 Å². The van der Waals surface area contributed by atoms with Crippen molar-refractivity contribution in [2.45, 2.75) is 44.9 Å². The largest absolute Gasteiger partial charge is 0.389 e. The molecule has 3 aromatic heterocycles. The Morgan fingerprint density at radius 1 is 1.31 bits per heavy atom. The molecule has 0 bridgehead atoms. The summed E-state index contributed by atoms with van der Waals surface area (Å²) in [5, 5.41) is 28.5. The van der Waals surface area contributed by atoms with E-state index in [4.69, 9.17) is 16.3 Å². The van der Waals surface area contributed by atoms with Crippen LogP contribution in [0.2, 0.25) is 5.02 Å². The molecule has 1 aliphatic rings. The van der Waals surface area contributed by atoms with E-state index in [2.05, 4.69) is 20.4 Å². The van der Waals surface area contributed by atoms with Crippen molar-refractivity contribution in [3.63, 3.8) is 0 Å². The van der Waals surface area contributed by atoms with Gasteiger partial charge in [-0.2, -0.15) is 5.10 Å². The van der Waals surface area contributed by atoms with Crippen molar-refractivity contribution in [3.05, 3.63) is 40.8 Å². The van der Waals surface area contributed by atoms with Gasteiger partial charge in [-0.25, -0.2) is 14.5 Å². The Hall–Kier alpha value is -2.26. The monoisotopic (exact) mass is 417 g/mol. The fraction of sp³-hybridized carbons (Fsp3) is 0.450. The number of aliphatic hydroxyl groups is 2. The van der Waals surface area contributed by atoms with Crippen molar-refractivity contribution < 1.29 is 14.9 Å². The molecular weight excluding hydrogens is 394 g/mol. The zero-order valence-corrected chi connectivity index (χ0v) is 17.3. The standard InChI is InChI=1S/C20H24ClN5O3/c1-11-13(20(2,3)28)4-5-16-12(8-23-26(11)16)18-14(21)9-22-19(25-18)24-15-6-7-29-10-17(15)27/h4-5,8-9,15,17,27-28H,6-7,10H2,1-3H3,(H,22,24,25)/t15-,17-/m1/s1. The maximum Gasteiger partial charge on any atom is 0.223 e. The van der Waals surface area contributed by atoms with E-state index >= 15 is 0 Å². The number of nitrogens with one attached hydrogen (secondary N) is 1. The second-order valence-electron chi connectivity index (χ2n) is 7.82. The summed E-state index contributed by atoms with van der Waals surface area (Å²) in [6.07, 6.45) is 3.29. The Morgan fingerprint density at radius 3 is 2.83 bits per heavy atom. The van der Waals surface area contributed by atoms with Gasteiger partial charge in [0, 0.05) is 23.4 Å². The Morgan fingerprint density at radius 2 is 2.10 bits per heavy atom. The molecule has 0 radical (unpaired) electrons. The van der Waals surface area contributed by atoms with Gasteiger partial charge in [0.05, 0.1) is 53.0 Å². The number of pyridine rings is 1. The van der Waals surface area contributed by atoms with Gasteiger partial charge in [0.15, 0.2) is 0 Å². The van der Waals surface area contributed by atoms with Crippen molar-refractivity contribution >= 4 is 23.1 Å². The van der Waals surface area contributed by atoms with Crippen LogP contribution in [-0.2, 0) is 10.3 Å². The summed E-state index contributed by atoms with van der Waals surface area (Å²) in [6.45, 7) is 6.27. The van der Waals surface area contributed by atoms with Gasteiger partial charge in [-0.1, -0.05) is 17.7 Å². The van der Waals surface area contributed by atoms with Crippen LogP contribution in [-0.4, -0.2) is 55.2 Å². The number of ether oxygens (including phenoxy) is 1. The van der Waals surface area contributed by atoms with E-state index in [9.17, 15) is 10.2 Å². The molecule has 8 nitrogen and oxygen atoms in total. The highest BCUT2D eigenvalue weighted by Crippen LogP contribution is 2.32. The maximum absolute atomic E-state index is 10.4. The second-order valence-corrected chi connectivity index (χ2v) is 8.23. The van der Waals surface area contributed by atoms with Gasteiger partial charge in [-0.15, -0.1) is 0 Å². The fourth-order valence-electron chi connectivity index (χ4n) is 3.69. The summed E-state index contributed by atoms with van der Waals surface area (Å²) in [5.74, 6) is 0.388. The molecule has 29 heavy (non-hydrogen) atoms. The van der Waals surface area contributed by atoms with Crippen LogP contribution in [0.25, 0.3) is 16.8 Å². The molecule has 154 valence electrons. The quantitative estimate of drug-likeness (QED) is 0.599. The number of anilines is 1. The molecule has 0 saturated carbocycles. The Kier molecular flexibility index (Phi) is 5.20. The third-order valence-electron chi connectivity index (χ3n) is 5.22. The number of hydrogen-bond donors (Lipinski definition) is 3. The van der Waals surface area contributed by atoms with Crippen molar-refractivity contribution in [1.29, 1.82) is 0 Å². The van der Waals surface area contributed by atoms with Crippen LogP contribution in [0.1, 0.15) is 31.5 Å². The van der Waals surface area contributed by atoms with Gasteiger partial charge in [-0.05, 0) is 33.3 Å². The summed E-state index contributed by atoms with van der Waals surface area (Å²) in [7, 11) is 0. The minimum Gasteiger partial charge on any atom is -0.389 e. The van der Waals surface area contributed by atoms with Gasteiger partial charge >= 0.3 is 0 Å². The molecule has 0 spiro atoms. The van der Waals surface area contributed by atoms with E-state index in [-0.39, 0.29) is 12.6 Å². The second kappa shape index (κ2) is 7.53. The Balaban J connectivity index is 1.73. The number of aromatic nitrogens is 4. The zero-order valence-electron chi connectivity index (χ0n) is 16.6. The minimum atomic E-state index is -0.974. The Labute approximate surface area is 173 Å². The van der Waals surface area contributed by atoms with E-state index in [1.807, 2.05) is 19.1 Å². The van der Waals surface area contributed by atoms with Crippen molar-refractivity contribution in [2.24, 2.45) is 0 Å². The van der Waals surface area contributed by atoms with Crippen molar-refractivity contribution in [2.75, 3.05) is 18.5 Å². The number of halogens is 1. The van der Waals surface area contributed by atoms with Crippen LogP contribution in [0.3, 0.4) is 0 Å². The van der Waals surface area contributed by atoms with Crippen LogP contribution in [0.5, 0.6) is 0 Å². The Bertz CT molecular complexity index is 1050. The highest BCUT2D eigenvalue weighted by atomic mass is 35.5.